The van der Waals surface area contributed by atoms with Gasteiger partial charge >= 0.3 is 0 Å². The third-order valence-electron chi connectivity index (χ3n) is 4.25. The Bertz CT molecular complexity index is 739. The second kappa shape index (κ2) is 7.96. The van der Waals surface area contributed by atoms with E-state index in [9.17, 15) is 0 Å². The lowest BCUT2D eigenvalue weighted by atomic mass is 10.1. The number of aliphatic imine (C=N–C) groups is 1. The molecule has 134 valence electrons. The Morgan fingerprint density at radius 3 is 2.88 bits per heavy atom. The van der Waals surface area contributed by atoms with Crippen molar-refractivity contribution in [2.75, 3.05) is 26.9 Å². The fourth-order valence-electron chi connectivity index (χ4n) is 2.84. The largest absolute Gasteiger partial charge is 0.454 e. The van der Waals surface area contributed by atoms with Gasteiger partial charge in [-0.1, -0.05) is 6.07 Å². The third-order valence-corrected chi connectivity index (χ3v) is 4.25. The van der Waals surface area contributed by atoms with E-state index in [1.54, 1.807) is 0 Å². The molecule has 2 aromatic rings. The molecule has 1 aliphatic heterocycles. The number of nitrogens with zero attached hydrogens (tertiary/aromatic N) is 3. The van der Waals surface area contributed by atoms with E-state index in [0.29, 0.717) is 6.79 Å². The number of guanidine groups is 1. The summed E-state index contributed by atoms with van der Waals surface area (Å²) >= 11 is 0. The van der Waals surface area contributed by atoms with Crippen LogP contribution >= 0.6 is 0 Å². The Hall–Kier alpha value is -2.63. The van der Waals surface area contributed by atoms with Crippen LogP contribution in [0.2, 0.25) is 0 Å². The SMILES string of the molecule is CCNC(=NCCc1ccc2c(c1)OCO2)N(C)Cc1cccn1C. The second-order valence-corrected chi connectivity index (χ2v) is 6.14. The highest BCUT2D eigenvalue weighted by atomic mass is 16.7. The van der Waals surface area contributed by atoms with Crippen LogP contribution in [0.25, 0.3) is 0 Å². The van der Waals surface area contributed by atoms with Crippen LogP contribution in [0, 0.1) is 0 Å². The van der Waals surface area contributed by atoms with Gasteiger partial charge in [-0.2, -0.15) is 0 Å². The van der Waals surface area contributed by atoms with Gasteiger partial charge in [0.25, 0.3) is 0 Å². The van der Waals surface area contributed by atoms with E-state index in [4.69, 9.17) is 14.5 Å². The van der Waals surface area contributed by atoms with E-state index in [1.165, 1.54) is 11.3 Å². The van der Waals surface area contributed by atoms with E-state index in [2.05, 4.69) is 60.2 Å². The summed E-state index contributed by atoms with van der Waals surface area (Å²) in [5, 5.41) is 3.36. The number of aryl methyl sites for hydroxylation is 1. The lowest BCUT2D eigenvalue weighted by Gasteiger charge is -2.22. The fraction of sp³-hybridized carbons (Fsp3) is 0.421. The molecule has 0 aliphatic carbocycles. The quantitative estimate of drug-likeness (QED) is 0.647. The lowest BCUT2D eigenvalue weighted by Crippen LogP contribution is -2.39. The van der Waals surface area contributed by atoms with E-state index in [-0.39, 0.29) is 0 Å². The summed E-state index contributed by atoms with van der Waals surface area (Å²) in [6.45, 7) is 4.79. The molecule has 1 N–H and O–H groups in total. The van der Waals surface area contributed by atoms with Gasteiger partial charge in [-0.3, -0.25) is 4.99 Å². The maximum absolute atomic E-state index is 5.43. The number of hydrogen-bond acceptors (Lipinski definition) is 3. The van der Waals surface area contributed by atoms with Gasteiger partial charge in [0.1, 0.15) is 0 Å². The van der Waals surface area contributed by atoms with Crippen molar-refractivity contribution in [3.05, 3.63) is 47.8 Å². The standard InChI is InChI=1S/C19H26N4O2/c1-4-20-19(23(3)13-16-6-5-11-22(16)2)21-10-9-15-7-8-17-18(12-15)25-14-24-17/h5-8,11-12H,4,9-10,13-14H2,1-3H3,(H,20,21). The van der Waals surface area contributed by atoms with Crippen molar-refractivity contribution in [3.63, 3.8) is 0 Å². The average Bonchev–Trinajstić information content (AvgIpc) is 3.23. The van der Waals surface area contributed by atoms with E-state index < -0.39 is 0 Å². The van der Waals surface area contributed by atoms with Crippen LogP contribution in [-0.2, 0) is 20.0 Å². The zero-order chi connectivity index (χ0) is 17.6. The molecule has 2 heterocycles. The first kappa shape index (κ1) is 17.2. The summed E-state index contributed by atoms with van der Waals surface area (Å²) in [5.41, 5.74) is 2.46. The summed E-state index contributed by atoms with van der Waals surface area (Å²) < 4.78 is 12.9. The molecule has 6 nitrogen and oxygen atoms in total. The van der Waals surface area contributed by atoms with E-state index in [1.807, 2.05) is 12.1 Å². The topological polar surface area (TPSA) is 51.0 Å². The summed E-state index contributed by atoms with van der Waals surface area (Å²) in [6.07, 6.45) is 2.93. The predicted molar refractivity (Wildman–Crippen MR) is 99.1 cm³/mol. The smallest absolute Gasteiger partial charge is 0.231 e. The van der Waals surface area contributed by atoms with E-state index >= 15 is 0 Å². The lowest BCUT2D eigenvalue weighted by molar-refractivity contribution is 0.174. The van der Waals surface area contributed by atoms with Crippen molar-refractivity contribution in [2.45, 2.75) is 19.9 Å². The molecule has 25 heavy (non-hydrogen) atoms. The summed E-state index contributed by atoms with van der Waals surface area (Å²) in [4.78, 5) is 6.91. The molecule has 0 fully saturated rings. The van der Waals surface area contributed by atoms with Gasteiger partial charge in [0.05, 0.1) is 6.54 Å². The van der Waals surface area contributed by atoms with Crippen LogP contribution in [0.5, 0.6) is 11.5 Å². The minimum Gasteiger partial charge on any atom is -0.454 e. The van der Waals surface area contributed by atoms with Gasteiger partial charge in [-0.05, 0) is 43.2 Å². The Morgan fingerprint density at radius 1 is 1.28 bits per heavy atom. The Kier molecular flexibility index (Phi) is 5.48. The van der Waals surface area contributed by atoms with Crippen molar-refractivity contribution in [1.82, 2.24) is 14.8 Å². The number of benzene rings is 1. The summed E-state index contributed by atoms with van der Waals surface area (Å²) in [5.74, 6) is 2.57. The van der Waals surface area contributed by atoms with Crippen molar-refractivity contribution in [1.29, 1.82) is 0 Å². The van der Waals surface area contributed by atoms with E-state index in [0.717, 1.165) is 43.5 Å². The predicted octanol–water partition coefficient (Wildman–Crippen LogP) is 2.39. The molecule has 0 unspecified atom stereocenters. The third kappa shape index (κ3) is 4.26. The highest BCUT2D eigenvalue weighted by Gasteiger charge is 2.13. The number of hydrogen-bond donors (Lipinski definition) is 1. The normalized spacial score (nSPS) is 13.2. The van der Waals surface area contributed by atoms with Gasteiger partial charge in [0, 0.05) is 39.1 Å². The van der Waals surface area contributed by atoms with Crippen molar-refractivity contribution in [2.24, 2.45) is 12.0 Å². The van der Waals surface area contributed by atoms with Crippen LogP contribution in [0.15, 0.2) is 41.5 Å². The number of nitrogens with one attached hydrogen (secondary N) is 1. The first-order valence-electron chi connectivity index (χ1n) is 8.65. The monoisotopic (exact) mass is 342 g/mol. The van der Waals surface area contributed by atoms with Gasteiger partial charge in [0.15, 0.2) is 17.5 Å². The first-order valence-corrected chi connectivity index (χ1v) is 8.65. The Labute approximate surface area is 149 Å². The number of fused-ring (bicyclic) bond motifs is 1. The summed E-state index contributed by atoms with van der Waals surface area (Å²) in [6, 6.07) is 10.3. The minimum atomic E-state index is 0.311. The van der Waals surface area contributed by atoms with Gasteiger partial charge in [-0.15, -0.1) is 0 Å². The summed E-state index contributed by atoms with van der Waals surface area (Å²) in [7, 11) is 4.13. The zero-order valence-electron chi connectivity index (χ0n) is 15.2. The molecular formula is C19H26N4O2. The molecule has 0 atom stereocenters. The van der Waals surface area contributed by atoms with Crippen molar-refractivity contribution < 1.29 is 9.47 Å². The number of rotatable bonds is 6. The van der Waals surface area contributed by atoms with Crippen molar-refractivity contribution >= 4 is 5.96 Å². The average molecular weight is 342 g/mol. The molecule has 0 amide bonds. The molecule has 0 saturated carbocycles. The van der Waals surface area contributed by atoms with Gasteiger partial charge < -0.3 is 24.3 Å². The zero-order valence-corrected chi connectivity index (χ0v) is 15.2. The molecule has 0 spiro atoms. The number of aromatic nitrogens is 1. The maximum atomic E-state index is 5.43. The molecule has 0 bridgehead atoms. The van der Waals surface area contributed by atoms with Crippen LogP contribution in [0.3, 0.4) is 0 Å². The van der Waals surface area contributed by atoms with Crippen LogP contribution in [0.1, 0.15) is 18.2 Å². The molecule has 1 aromatic carbocycles. The van der Waals surface area contributed by atoms with Crippen LogP contribution in [-0.4, -0.2) is 42.4 Å². The molecule has 1 aromatic heterocycles. The highest BCUT2D eigenvalue weighted by molar-refractivity contribution is 5.79. The second-order valence-electron chi connectivity index (χ2n) is 6.14. The maximum Gasteiger partial charge on any atom is 0.231 e. The highest BCUT2D eigenvalue weighted by Crippen LogP contribution is 2.32. The fourth-order valence-corrected chi connectivity index (χ4v) is 2.84. The number of ether oxygens (including phenoxy) is 2. The minimum absolute atomic E-state index is 0.311. The van der Waals surface area contributed by atoms with Crippen LogP contribution < -0.4 is 14.8 Å². The Balaban J connectivity index is 1.60. The molecule has 6 heteroatoms. The molecule has 0 radical (unpaired) electrons. The van der Waals surface area contributed by atoms with Gasteiger partial charge in [-0.25, -0.2) is 0 Å². The Morgan fingerprint density at radius 2 is 2.12 bits per heavy atom. The molecular weight excluding hydrogens is 316 g/mol. The molecule has 1 aliphatic rings. The van der Waals surface area contributed by atoms with Crippen LogP contribution in [0.4, 0.5) is 0 Å². The van der Waals surface area contributed by atoms with Gasteiger partial charge in [0.2, 0.25) is 6.79 Å². The molecule has 0 saturated heterocycles. The first-order chi connectivity index (χ1) is 12.2. The van der Waals surface area contributed by atoms with Crippen molar-refractivity contribution in [3.8, 4) is 11.5 Å². The molecule has 3 rings (SSSR count).